The van der Waals surface area contributed by atoms with Crippen LogP contribution in [-0.4, -0.2) is 25.5 Å². The maximum Gasteiger partial charge on any atom is 0.251 e. The fraction of sp³-hybridized carbons (Fsp3) is 0.588. The zero-order chi connectivity index (χ0) is 14.5. The molecule has 0 atom stereocenters. The Morgan fingerprint density at radius 3 is 2.71 bits per heavy atom. The Labute approximate surface area is 126 Å². The lowest BCUT2D eigenvalue weighted by Gasteiger charge is -2.20. The standard InChI is InChI=1S/C17H25N3O/c21-17(20-9-3-6-13-4-1-2-5-13)14-7-8-15-16(12-14)19-11-10-18-15/h7-8,12-13,18-19H,1-6,9-11H2,(H,20,21). The molecule has 4 nitrogen and oxygen atoms in total. The molecule has 2 aliphatic rings. The predicted molar refractivity (Wildman–Crippen MR) is 86.9 cm³/mol. The van der Waals surface area contributed by atoms with E-state index in [0.29, 0.717) is 0 Å². The van der Waals surface area contributed by atoms with E-state index in [1.54, 1.807) is 0 Å². The molecule has 1 amide bonds. The van der Waals surface area contributed by atoms with Crippen LogP contribution >= 0.6 is 0 Å². The third-order valence-corrected chi connectivity index (χ3v) is 4.59. The number of fused-ring (bicyclic) bond motifs is 1. The van der Waals surface area contributed by atoms with Gasteiger partial charge in [0, 0.05) is 25.2 Å². The van der Waals surface area contributed by atoms with Gasteiger partial charge in [0.15, 0.2) is 0 Å². The first-order chi connectivity index (χ1) is 10.3. The Hall–Kier alpha value is -1.71. The molecule has 0 radical (unpaired) electrons. The van der Waals surface area contributed by atoms with Gasteiger partial charge in [0.2, 0.25) is 0 Å². The van der Waals surface area contributed by atoms with E-state index in [4.69, 9.17) is 0 Å². The second-order valence-electron chi connectivity index (χ2n) is 6.16. The minimum absolute atomic E-state index is 0.0385. The summed E-state index contributed by atoms with van der Waals surface area (Å²) in [6.45, 7) is 2.62. The highest BCUT2D eigenvalue weighted by Crippen LogP contribution is 2.28. The summed E-state index contributed by atoms with van der Waals surface area (Å²) in [6, 6.07) is 5.81. The summed E-state index contributed by atoms with van der Waals surface area (Å²) in [4.78, 5) is 12.2. The molecule has 0 aromatic heterocycles. The van der Waals surface area contributed by atoms with Crippen molar-refractivity contribution in [2.24, 2.45) is 5.92 Å². The van der Waals surface area contributed by atoms with Gasteiger partial charge in [-0.3, -0.25) is 4.79 Å². The number of nitrogens with one attached hydrogen (secondary N) is 3. The Kier molecular flexibility index (Phi) is 4.63. The van der Waals surface area contributed by atoms with Crippen molar-refractivity contribution >= 4 is 17.3 Å². The summed E-state index contributed by atoms with van der Waals surface area (Å²) in [5.74, 6) is 0.942. The summed E-state index contributed by atoms with van der Waals surface area (Å²) in [6.07, 6.45) is 7.92. The van der Waals surface area contributed by atoms with Gasteiger partial charge in [-0.1, -0.05) is 25.7 Å². The van der Waals surface area contributed by atoms with E-state index in [1.807, 2.05) is 18.2 Å². The first-order valence-corrected chi connectivity index (χ1v) is 8.23. The molecule has 0 bridgehead atoms. The molecule has 1 aromatic carbocycles. The van der Waals surface area contributed by atoms with E-state index in [0.717, 1.165) is 48.9 Å². The van der Waals surface area contributed by atoms with Crippen molar-refractivity contribution in [2.45, 2.75) is 38.5 Å². The lowest BCUT2D eigenvalue weighted by atomic mass is 10.0. The molecular formula is C17H25N3O. The first-order valence-electron chi connectivity index (χ1n) is 8.23. The SMILES string of the molecule is O=C(NCCCC1CCCC1)c1ccc2c(c1)NCCN2. The Balaban J connectivity index is 1.46. The van der Waals surface area contributed by atoms with Gasteiger partial charge in [0.1, 0.15) is 0 Å². The minimum Gasteiger partial charge on any atom is -0.382 e. The largest absolute Gasteiger partial charge is 0.382 e. The lowest BCUT2D eigenvalue weighted by Crippen LogP contribution is -2.26. The van der Waals surface area contributed by atoms with Crippen molar-refractivity contribution in [2.75, 3.05) is 30.3 Å². The van der Waals surface area contributed by atoms with Crippen LogP contribution in [0.5, 0.6) is 0 Å². The molecule has 0 unspecified atom stereocenters. The van der Waals surface area contributed by atoms with Crippen LogP contribution in [0.2, 0.25) is 0 Å². The normalized spacial score (nSPS) is 17.7. The molecular weight excluding hydrogens is 262 g/mol. The van der Waals surface area contributed by atoms with Crippen LogP contribution in [0.3, 0.4) is 0 Å². The maximum atomic E-state index is 12.2. The van der Waals surface area contributed by atoms with Gasteiger partial charge in [0.25, 0.3) is 5.91 Å². The zero-order valence-electron chi connectivity index (χ0n) is 12.6. The average molecular weight is 287 g/mol. The van der Waals surface area contributed by atoms with Crippen molar-refractivity contribution in [3.63, 3.8) is 0 Å². The number of benzene rings is 1. The summed E-state index contributed by atoms with van der Waals surface area (Å²) >= 11 is 0. The molecule has 0 saturated heterocycles. The van der Waals surface area contributed by atoms with Crippen molar-refractivity contribution in [3.8, 4) is 0 Å². The highest BCUT2D eigenvalue weighted by Gasteiger charge is 2.15. The van der Waals surface area contributed by atoms with Gasteiger partial charge in [0.05, 0.1) is 11.4 Å². The molecule has 4 heteroatoms. The molecule has 1 saturated carbocycles. The number of hydrogen-bond acceptors (Lipinski definition) is 3. The molecule has 1 fully saturated rings. The van der Waals surface area contributed by atoms with Crippen molar-refractivity contribution in [1.29, 1.82) is 0 Å². The van der Waals surface area contributed by atoms with Crippen LogP contribution in [0.1, 0.15) is 48.9 Å². The number of carbonyl (C=O) groups is 1. The molecule has 114 valence electrons. The average Bonchev–Trinajstić information content (AvgIpc) is 3.04. The molecule has 21 heavy (non-hydrogen) atoms. The van der Waals surface area contributed by atoms with E-state index in [9.17, 15) is 4.79 Å². The molecule has 1 aliphatic heterocycles. The predicted octanol–water partition coefficient (Wildman–Crippen LogP) is 3.22. The molecule has 0 spiro atoms. The summed E-state index contributed by atoms with van der Waals surface area (Å²) < 4.78 is 0. The van der Waals surface area contributed by atoms with Crippen molar-refractivity contribution in [1.82, 2.24) is 5.32 Å². The van der Waals surface area contributed by atoms with Gasteiger partial charge in [-0.2, -0.15) is 0 Å². The minimum atomic E-state index is 0.0385. The number of hydrogen-bond donors (Lipinski definition) is 3. The lowest BCUT2D eigenvalue weighted by molar-refractivity contribution is 0.0952. The van der Waals surface area contributed by atoms with E-state index < -0.39 is 0 Å². The number of amides is 1. The third-order valence-electron chi connectivity index (χ3n) is 4.59. The van der Waals surface area contributed by atoms with Crippen LogP contribution in [0.4, 0.5) is 11.4 Å². The smallest absolute Gasteiger partial charge is 0.251 e. The van der Waals surface area contributed by atoms with Crippen molar-refractivity contribution < 1.29 is 4.79 Å². The van der Waals surface area contributed by atoms with Gasteiger partial charge < -0.3 is 16.0 Å². The van der Waals surface area contributed by atoms with Gasteiger partial charge >= 0.3 is 0 Å². The quantitative estimate of drug-likeness (QED) is 0.729. The van der Waals surface area contributed by atoms with Crippen molar-refractivity contribution in [3.05, 3.63) is 23.8 Å². The van der Waals surface area contributed by atoms with Crippen LogP contribution in [0.25, 0.3) is 0 Å². The molecule has 1 aromatic rings. The zero-order valence-corrected chi connectivity index (χ0v) is 12.6. The topological polar surface area (TPSA) is 53.2 Å². The summed E-state index contributed by atoms with van der Waals surface area (Å²) in [7, 11) is 0. The van der Waals surface area contributed by atoms with Gasteiger partial charge in [-0.15, -0.1) is 0 Å². The monoisotopic (exact) mass is 287 g/mol. The summed E-state index contributed by atoms with van der Waals surface area (Å²) in [5, 5.41) is 9.68. The molecule has 1 aliphatic carbocycles. The second kappa shape index (κ2) is 6.83. The summed E-state index contributed by atoms with van der Waals surface area (Å²) in [5.41, 5.74) is 2.85. The number of rotatable bonds is 5. The van der Waals surface area contributed by atoms with E-state index in [1.165, 1.54) is 32.1 Å². The first kappa shape index (κ1) is 14.2. The molecule has 3 N–H and O–H groups in total. The molecule has 1 heterocycles. The van der Waals surface area contributed by atoms with Crippen LogP contribution in [0.15, 0.2) is 18.2 Å². The van der Waals surface area contributed by atoms with Gasteiger partial charge in [-0.25, -0.2) is 0 Å². The Bertz CT molecular complexity index is 495. The fourth-order valence-corrected chi connectivity index (χ4v) is 3.37. The highest BCUT2D eigenvalue weighted by molar-refractivity contribution is 5.96. The maximum absolute atomic E-state index is 12.2. The highest BCUT2D eigenvalue weighted by atomic mass is 16.1. The number of carbonyl (C=O) groups excluding carboxylic acids is 1. The van der Waals surface area contributed by atoms with Gasteiger partial charge in [-0.05, 0) is 37.0 Å². The Morgan fingerprint density at radius 1 is 1.14 bits per heavy atom. The van der Waals surface area contributed by atoms with E-state index in [-0.39, 0.29) is 5.91 Å². The van der Waals surface area contributed by atoms with E-state index >= 15 is 0 Å². The van der Waals surface area contributed by atoms with Crippen LogP contribution in [-0.2, 0) is 0 Å². The van der Waals surface area contributed by atoms with E-state index in [2.05, 4.69) is 16.0 Å². The van der Waals surface area contributed by atoms with Crippen LogP contribution < -0.4 is 16.0 Å². The second-order valence-corrected chi connectivity index (χ2v) is 6.16. The fourth-order valence-electron chi connectivity index (χ4n) is 3.37. The third kappa shape index (κ3) is 3.69. The van der Waals surface area contributed by atoms with Crippen LogP contribution in [0, 0.1) is 5.92 Å². The Morgan fingerprint density at radius 2 is 1.90 bits per heavy atom. The number of anilines is 2. The molecule has 3 rings (SSSR count).